The Morgan fingerprint density at radius 3 is 3.12 bits per heavy atom. The van der Waals surface area contributed by atoms with Crippen molar-refractivity contribution in [2.24, 2.45) is 0 Å². The Hall–Kier alpha value is -0.260. The zero-order valence-electron chi connectivity index (χ0n) is 9.07. The SMILES string of the molecule is S=C(NCCSCc1cccs1)NC1CC1. The first kappa shape index (κ1) is 12.2. The molecule has 1 saturated carbocycles. The van der Waals surface area contributed by atoms with Crippen LogP contribution >= 0.6 is 35.3 Å². The van der Waals surface area contributed by atoms with Gasteiger partial charge in [0.2, 0.25) is 0 Å². The van der Waals surface area contributed by atoms with Gasteiger partial charge < -0.3 is 10.6 Å². The predicted molar refractivity (Wildman–Crippen MR) is 77.2 cm³/mol. The summed E-state index contributed by atoms with van der Waals surface area (Å²) in [6, 6.07) is 4.94. The van der Waals surface area contributed by atoms with Crippen molar-refractivity contribution < 1.29 is 0 Å². The van der Waals surface area contributed by atoms with Crippen molar-refractivity contribution in [2.45, 2.75) is 24.6 Å². The third-order valence-electron chi connectivity index (χ3n) is 2.27. The standard InChI is InChI=1S/C11H16N2S3/c14-11(13-9-3-4-9)12-5-7-15-8-10-2-1-6-16-10/h1-2,6,9H,3-5,7-8H2,(H2,12,13,14). The Morgan fingerprint density at radius 2 is 2.44 bits per heavy atom. The molecule has 0 amide bonds. The molecule has 2 rings (SSSR count). The van der Waals surface area contributed by atoms with E-state index in [-0.39, 0.29) is 0 Å². The fourth-order valence-electron chi connectivity index (χ4n) is 1.27. The van der Waals surface area contributed by atoms with Crippen LogP contribution in [-0.4, -0.2) is 23.5 Å². The normalized spacial score (nSPS) is 14.8. The van der Waals surface area contributed by atoms with E-state index in [2.05, 4.69) is 28.1 Å². The van der Waals surface area contributed by atoms with Crippen molar-refractivity contribution in [3.8, 4) is 0 Å². The summed E-state index contributed by atoms with van der Waals surface area (Å²) in [5, 5.41) is 9.45. The molecule has 0 radical (unpaired) electrons. The molecule has 1 heterocycles. The van der Waals surface area contributed by atoms with Gasteiger partial charge in [-0.1, -0.05) is 6.07 Å². The topological polar surface area (TPSA) is 24.1 Å². The van der Waals surface area contributed by atoms with E-state index in [0.717, 1.165) is 23.2 Å². The Labute approximate surface area is 110 Å². The van der Waals surface area contributed by atoms with Gasteiger partial charge in [-0.2, -0.15) is 11.8 Å². The maximum absolute atomic E-state index is 5.17. The maximum Gasteiger partial charge on any atom is 0.166 e. The summed E-state index contributed by atoms with van der Waals surface area (Å²) in [6.45, 7) is 0.953. The predicted octanol–water partition coefficient (Wildman–Crippen LogP) is 2.61. The molecule has 0 atom stereocenters. The van der Waals surface area contributed by atoms with E-state index in [4.69, 9.17) is 12.2 Å². The lowest BCUT2D eigenvalue weighted by Crippen LogP contribution is -2.37. The lowest BCUT2D eigenvalue weighted by Gasteiger charge is -2.08. The lowest BCUT2D eigenvalue weighted by molar-refractivity contribution is 0.853. The number of hydrogen-bond acceptors (Lipinski definition) is 3. The van der Waals surface area contributed by atoms with Gasteiger partial charge in [-0.3, -0.25) is 0 Å². The molecule has 2 nitrogen and oxygen atoms in total. The Bertz CT molecular complexity index is 320. The molecular weight excluding hydrogens is 256 g/mol. The van der Waals surface area contributed by atoms with E-state index in [1.54, 1.807) is 0 Å². The van der Waals surface area contributed by atoms with Gasteiger partial charge in [0.15, 0.2) is 5.11 Å². The van der Waals surface area contributed by atoms with E-state index in [1.807, 2.05) is 23.1 Å². The van der Waals surface area contributed by atoms with Crippen molar-refractivity contribution in [1.82, 2.24) is 10.6 Å². The molecular formula is C11H16N2S3. The molecule has 2 N–H and O–H groups in total. The fourth-order valence-corrected chi connectivity index (χ4v) is 3.24. The first-order valence-electron chi connectivity index (χ1n) is 5.49. The molecule has 1 fully saturated rings. The van der Waals surface area contributed by atoms with Gasteiger partial charge >= 0.3 is 0 Å². The second-order valence-corrected chi connectivity index (χ2v) is 6.35. The van der Waals surface area contributed by atoms with Crippen LogP contribution in [0, 0.1) is 0 Å². The highest BCUT2D eigenvalue weighted by Gasteiger charge is 2.21. The molecule has 16 heavy (non-hydrogen) atoms. The monoisotopic (exact) mass is 272 g/mol. The quantitative estimate of drug-likeness (QED) is 0.614. The summed E-state index contributed by atoms with van der Waals surface area (Å²) < 4.78 is 0. The molecule has 1 aliphatic carbocycles. The van der Waals surface area contributed by atoms with Gasteiger partial charge in [-0.05, 0) is 36.5 Å². The van der Waals surface area contributed by atoms with Crippen LogP contribution < -0.4 is 10.6 Å². The molecule has 0 aromatic carbocycles. The van der Waals surface area contributed by atoms with Crippen LogP contribution in [0.2, 0.25) is 0 Å². The summed E-state index contributed by atoms with van der Waals surface area (Å²) in [4.78, 5) is 1.45. The number of hydrogen-bond donors (Lipinski definition) is 2. The second-order valence-electron chi connectivity index (χ2n) is 3.81. The molecule has 88 valence electrons. The average Bonchev–Trinajstić information content (AvgIpc) is 2.93. The number of thiophene rings is 1. The Balaban J connectivity index is 1.46. The van der Waals surface area contributed by atoms with Crippen molar-refractivity contribution in [3.63, 3.8) is 0 Å². The average molecular weight is 272 g/mol. The highest BCUT2D eigenvalue weighted by molar-refractivity contribution is 7.98. The van der Waals surface area contributed by atoms with Crippen LogP contribution in [0.3, 0.4) is 0 Å². The minimum atomic E-state index is 0.652. The second kappa shape index (κ2) is 6.47. The zero-order chi connectivity index (χ0) is 11.2. The largest absolute Gasteiger partial charge is 0.362 e. The number of rotatable bonds is 6. The van der Waals surface area contributed by atoms with E-state index in [1.165, 1.54) is 17.7 Å². The number of nitrogens with one attached hydrogen (secondary N) is 2. The van der Waals surface area contributed by atoms with E-state index >= 15 is 0 Å². The van der Waals surface area contributed by atoms with Crippen LogP contribution in [0.15, 0.2) is 17.5 Å². The van der Waals surface area contributed by atoms with Crippen molar-refractivity contribution >= 4 is 40.4 Å². The minimum absolute atomic E-state index is 0.652. The highest BCUT2D eigenvalue weighted by Crippen LogP contribution is 2.18. The fraction of sp³-hybridized carbons (Fsp3) is 0.545. The van der Waals surface area contributed by atoms with Gasteiger partial charge in [0, 0.05) is 29.0 Å². The summed E-state index contributed by atoms with van der Waals surface area (Å²) in [5.74, 6) is 2.21. The molecule has 5 heteroatoms. The zero-order valence-corrected chi connectivity index (χ0v) is 11.5. The molecule has 0 bridgehead atoms. The highest BCUT2D eigenvalue weighted by atomic mass is 32.2. The Kier molecular flexibility index (Phi) is 4.93. The molecule has 0 spiro atoms. The third kappa shape index (κ3) is 4.72. The van der Waals surface area contributed by atoms with Gasteiger partial charge in [0.1, 0.15) is 0 Å². The third-order valence-corrected chi connectivity index (χ3v) is 4.60. The van der Waals surface area contributed by atoms with Crippen LogP contribution in [0.4, 0.5) is 0 Å². The number of thiocarbonyl (C=S) groups is 1. The Morgan fingerprint density at radius 1 is 1.56 bits per heavy atom. The van der Waals surface area contributed by atoms with Gasteiger partial charge in [0.25, 0.3) is 0 Å². The lowest BCUT2D eigenvalue weighted by atomic mass is 10.5. The summed E-state index contributed by atoms with van der Waals surface area (Å²) >= 11 is 8.94. The molecule has 0 saturated heterocycles. The summed E-state index contributed by atoms with van der Waals surface area (Å²) in [7, 11) is 0. The van der Waals surface area contributed by atoms with Crippen LogP contribution in [0.25, 0.3) is 0 Å². The molecule has 0 unspecified atom stereocenters. The minimum Gasteiger partial charge on any atom is -0.362 e. The van der Waals surface area contributed by atoms with Crippen LogP contribution in [-0.2, 0) is 5.75 Å². The first-order chi connectivity index (χ1) is 7.84. The summed E-state index contributed by atoms with van der Waals surface area (Å²) in [6.07, 6.45) is 2.55. The molecule has 1 aliphatic rings. The molecule has 1 aromatic heterocycles. The van der Waals surface area contributed by atoms with Crippen molar-refractivity contribution in [3.05, 3.63) is 22.4 Å². The van der Waals surface area contributed by atoms with Gasteiger partial charge in [-0.25, -0.2) is 0 Å². The van der Waals surface area contributed by atoms with E-state index < -0.39 is 0 Å². The molecule has 0 aliphatic heterocycles. The summed E-state index contributed by atoms with van der Waals surface area (Å²) in [5.41, 5.74) is 0. The van der Waals surface area contributed by atoms with E-state index in [9.17, 15) is 0 Å². The molecule has 1 aromatic rings. The van der Waals surface area contributed by atoms with Gasteiger partial charge in [-0.15, -0.1) is 11.3 Å². The van der Waals surface area contributed by atoms with Crippen molar-refractivity contribution in [1.29, 1.82) is 0 Å². The smallest absolute Gasteiger partial charge is 0.166 e. The van der Waals surface area contributed by atoms with Crippen LogP contribution in [0.5, 0.6) is 0 Å². The van der Waals surface area contributed by atoms with E-state index in [0.29, 0.717) is 6.04 Å². The first-order valence-corrected chi connectivity index (χ1v) is 7.93. The van der Waals surface area contributed by atoms with Crippen LogP contribution in [0.1, 0.15) is 17.7 Å². The maximum atomic E-state index is 5.17. The van der Waals surface area contributed by atoms with Crippen molar-refractivity contribution in [2.75, 3.05) is 12.3 Å². The van der Waals surface area contributed by atoms with Gasteiger partial charge in [0.05, 0.1) is 0 Å². The number of thioether (sulfide) groups is 1.